The lowest BCUT2D eigenvalue weighted by Crippen LogP contribution is -2.36. The molecule has 0 aromatic heterocycles. The van der Waals surface area contributed by atoms with E-state index in [-0.39, 0.29) is 11.7 Å². The highest BCUT2D eigenvalue weighted by atomic mass is 16.4. The van der Waals surface area contributed by atoms with Crippen LogP contribution in [0.25, 0.3) is 0 Å². The van der Waals surface area contributed by atoms with Gasteiger partial charge in [0.05, 0.1) is 6.42 Å². The molecule has 1 amide bonds. The Labute approximate surface area is 124 Å². The highest BCUT2D eigenvalue weighted by Gasteiger charge is 2.36. The van der Waals surface area contributed by atoms with E-state index in [1.807, 2.05) is 12.1 Å². The summed E-state index contributed by atoms with van der Waals surface area (Å²) in [5.74, 6) is 1.04. The van der Waals surface area contributed by atoms with E-state index < -0.39 is 0 Å². The molecule has 2 aliphatic rings. The summed E-state index contributed by atoms with van der Waals surface area (Å²) in [5.41, 5.74) is 7.15. The molecule has 0 aliphatic heterocycles. The minimum atomic E-state index is 0.0845. The molecule has 0 heterocycles. The van der Waals surface area contributed by atoms with Crippen LogP contribution < -0.4 is 5.73 Å². The monoisotopic (exact) mass is 287 g/mol. The Morgan fingerprint density at radius 3 is 2.43 bits per heavy atom. The molecule has 5 heteroatoms. The van der Waals surface area contributed by atoms with Crippen molar-refractivity contribution in [1.29, 1.82) is 0 Å². The lowest BCUT2D eigenvalue weighted by molar-refractivity contribution is -0.131. The minimum Gasteiger partial charge on any atom is -0.409 e. The third-order valence-electron chi connectivity index (χ3n) is 4.17. The number of benzene rings is 1. The van der Waals surface area contributed by atoms with E-state index in [1.54, 1.807) is 12.1 Å². The second kappa shape index (κ2) is 5.76. The Kier molecular flexibility index (Phi) is 3.82. The third-order valence-corrected chi connectivity index (χ3v) is 4.17. The molecular weight excluding hydrogens is 266 g/mol. The van der Waals surface area contributed by atoms with Gasteiger partial charge >= 0.3 is 0 Å². The zero-order valence-electron chi connectivity index (χ0n) is 12.0. The number of nitrogens with zero attached hydrogens (tertiary/aromatic N) is 2. The average molecular weight is 287 g/mol. The van der Waals surface area contributed by atoms with E-state index in [9.17, 15) is 4.79 Å². The highest BCUT2D eigenvalue weighted by molar-refractivity contribution is 5.97. The van der Waals surface area contributed by atoms with Crippen molar-refractivity contribution >= 4 is 11.7 Å². The van der Waals surface area contributed by atoms with Crippen LogP contribution in [0.15, 0.2) is 29.4 Å². The summed E-state index contributed by atoms with van der Waals surface area (Å²) in [6.45, 7) is 0.936. The summed E-state index contributed by atoms with van der Waals surface area (Å²) in [5, 5.41) is 11.6. The Morgan fingerprint density at radius 1 is 1.24 bits per heavy atom. The van der Waals surface area contributed by atoms with E-state index in [1.165, 1.54) is 12.8 Å². The fraction of sp³-hybridized carbons (Fsp3) is 0.500. The normalized spacial score (nSPS) is 18.6. The number of rotatable bonds is 6. The molecule has 21 heavy (non-hydrogen) atoms. The number of nitrogens with two attached hydrogens (primary N) is 1. The number of oxime groups is 1. The second-order valence-electron chi connectivity index (χ2n) is 6.08. The van der Waals surface area contributed by atoms with Crippen LogP contribution in [0.2, 0.25) is 0 Å². The van der Waals surface area contributed by atoms with Gasteiger partial charge in [0.1, 0.15) is 0 Å². The number of amidine groups is 1. The Hall–Kier alpha value is -2.04. The van der Waals surface area contributed by atoms with Crippen LogP contribution in [-0.2, 0) is 11.2 Å². The minimum absolute atomic E-state index is 0.0845. The van der Waals surface area contributed by atoms with Gasteiger partial charge in [-0.05, 0) is 37.2 Å². The number of carbonyl (C=O) groups is 1. The third kappa shape index (κ3) is 3.54. The van der Waals surface area contributed by atoms with Crippen molar-refractivity contribution < 1.29 is 10.0 Å². The lowest BCUT2D eigenvalue weighted by Gasteiger charge is -2.22. The van der Waals surface area contributed by atoms with Crippen LogP contribution in [0.3, 0.4) is 0 Å². The maximum Gasteiger partial charge on any atom is 0.227 e. The molecule has 0 atom stereocenters. The van der Waals surface area contributed by atoms with Crippen LogP contribution in [-0.4, -0.2) is 34.4 Å². The number of hydrogen-bond acceptors (Lipinski definition) is 3. The van der Waals surface area contributed by atoms with Gasteiger partial charge in [0, 0.05) is 18.2 Å². The van der Waals surface area contributed by atoms with Gasteiger partial charge < -0.3 is 15.8 Å². The smallest absolute Gasteiger partial charge is 0.227 e. The van der Waals surface area contributed by atoms with E-state index in [4.69, 9.17) is 10.9 Å². The first-order valence-electron chi connectivity index (χ1n) is 7.53. The number of amides is 1. The standard InChI is InChI=1S/C16H21N3O2/c17-16(18-21)13-5-3-11(4-6-13)9-15(20)19(14-7-8-14)10-12-1-2-12/h3-6,12,14,21H,1-2,7-10H2,(H2,17,18). The van der Waals surface area contributed by atoms with Crippen LogP contribution in [0.5, 0.6) is 0 Å². The van der Waals surface area contributed by atoms with Crippen molar-refractivity contribution in [2.75, 3.05) is 6.54 Å². The quantitative estimate of drug-likeness (QED) is 0.362. The van der Waals surface area contributed by atoms with Gasteiger partial charge in [0.15, 0.2) is 5.84 Å². The SMILES string of the molecule is NC(=NO)c1ccc(CC(=O)N(CC2CC2)C2CC2)cc1. The van der Waals surface area contributed by atoms with Gasteiger partial charge in [0.2, 0.25) is 5.91 Å². The molecule has 2 fully saturated rings. The van der Waals surface area contributed by atoms with E-state index in [0.29, 0.717) is 18.0 Å². The van der Waals surface area contributed by atoms with Crippen molar-refractivity contribution in [3.63, 3.8) is 0 Å². The molecule has 1 aromatic carbocycles. The van der Waals surface area contributed by atoms with Crippen LogP contribution >= 0.6 is 0 Å². The lowest BCUT2D eigenvalue weighted by atomic mass is 10.1. The topological polar surface area (TPSA) is 78.9 Å². The molecule has 0 unspecified atom stereocenters. The Morgan fingerprint density at radius 2 is 1.90 bits per heavy atom. The van der Waals surface area contributed by atoms with Gasteiger partial charge in [-0.25, -0.2) is 0 Å². The van der Waals surface area contributed by atoms with Crippen LogP contribution in [0, 0.1) is 5.92 Å². The molecule has 5 nitrogen and oxygen atoms in total. The number of hydrogen-bond donors (Lipinski definition) is 2. The maximum absolute atomic E-state index is 12.5. The van der Waals surface area contributed by atoms with E-state index in [0.717, 1.165) is 30.9 Å². The summed E-state index contributed by atoms with van der Waals surface area (Å²) < 4.78 is 0. The Bertz CT molecular complexity index is 545. The van der Waals surface area contributed by atoms with Crippen molar-refractivity contribution in [2.45, 2.75) is 38.1 Å². The molecule has 0 spiro atoms. The Balaban J connectivity index is 1.62. The molecule has 112 valence electrons. The molecule has 3 N–H and O–H groups in total. The largest absolute Gasteiger partial charge is 0.409 e. The first-order valence-corrected chi connectivity index (χ1v) is 7.53. The van der Waals surface area contributed by atoms with Crippen LogP contribution in [0.1, 0.15) is 36.8 Å². The summed E-state index contributed by atoms with van der Waals surface area (Å²) >= 11 is 0. The van der Waals surface area contributed by atoms with Crippen molar-refractivity contribution in [1.82, 2.24) is 4.90 Å². The first kappa shape index (κ1) is 13.9. The van der Waals surface area contributed by atoms with Gasteiger partial charge in [-0.1, -0.05) is 29.4 Å². The maximum atomic E-state index is 12.5. The van der Waals surface area contributed by atoms with Crippen molar-refractivity contribution in [3.05, 3.63) is 35.4 Å². The summed E-state index contributed by atoms with van der Waals surface area (Å²) in [4.78, 5) is 14.5. The van der Waals surface area contributed by atoms with Crippen molar-refractivity contribution in [2.24, 2.45) is 16.8 Å². The molecule has 1 aromatic rings. The second-order valence-corrected chi connectivity index (χ2v) is 6.08. The molecule has 3 rings (SSSR count). The molecule has 0 bridgehead atoms. The summed E-state index contributed by atoms with van der Waals surface area (Å²) in [7, 11) is 0. The summed E-state index contributed by atoms with van der Waals surface area (Å²) in [6.07, 6.45) is 5.28. The van der Waals surface area contributed by atoms with Gasteiger partial charge in [-0.15, -0.1) is 0 Å². The molecule has 0 radical (unpaired) electrons. The van der Waals surface area contributed by atoms with Gasteiger partial charge in [0.25, 0.3) is 0 Å². The fourth-order valence-corrected chi connectivity index (χ4v) is 2.55. The highest BCUT2D eigenvalue weighted by Crippen LogP contribution is 2.35. The van der Waals surface area contributed by atoms with E-state index in [2.05, 4.69) is 10.1 Å². The summed E-state index contributed by atoms with van der Waals surface area (Å²) in [6, 6.07) is 7.77. The predicted molar refractivity (Wildman–Crippen MR) is 80.1 cm³/mol. The zero-order valence-corrected chi connectivity index (χ0v) is 12.0. The average Bonchev–Trinajstić information content (AvgIpc) is 3.38. The molecule has 0 saturated heterocycles. The fourth-order valence-electron chi connectivity index (χ4n) is 2.55. The molecule has 2 saturated carbocycles. The zero-order chi connectivity index (χ0) is 14.8. The predicted octanol–water partition coefficient (Wildman–Crippen LogP) is 1.72. The van der Waals surface area contributed by atoms with Crippen LogP contribution in [0.4, 0.5) is 0 Å². The first-order chi connectivity index (χ1) is 10.2. The van der Waals surface area contributed by atoms with Gasteiger partial charge in [-0.3, -0.25) is 4.79 Å². The van der Waals surface area contributed by atoms with E-state index >= 15 is 0 Å². The molecular formula is C16H21N3O2. The van der Waals surface area contributed by atoms with Gasteiger partial charge in [-0.2, -0.15) is 0 Å². The number of carbonyl (C=O) groups excluding carboxylic acids is 1. The van der Waals surface area contributed by atoms with Crippen molar-refractivity contribution in [3.8, 4) is 0 Å². The molecule has 2 aliphatic carbocycles.